The number of hydrogen-bond acceptors (Lipinski definition) is 2. The highest BCUT2D eigenvalue weighted by Gasteiger charge is 2.02. The van der Waals surface area contributed by atoms with E-state index in [1.165, 1.54) is 6.40 Å². The molecule has 3 heteroatoms. The highest BCUT2D eigenvalue weighted by atomic mass is 35.5. The van der Waals surface area contributed by atoms with Gasteiger partial charge in [0.2, 0.25) is 0 Å². The van der Waals surface area contributed by atoms with E-state index in [-0.39, 0.29) is 12.4 Å². The summed E-state index contributed by atoms with van der Waals surface area (Å²) in [5, 5.41) is 0. The number of benzene rings is 1. The second-order valence-corrected chi connectivity index (χ2v) is 2.17. The van der Waals surface area contributed by atoms with E-state index in [4.69, 9.17) is 4.74 Å². The van der Waals surface area contributed by atoms with Gasteiger partial charge < -0.3 is 4.74 Å². The Labute approximate surface area is 71.3 Å². The van der Waals surface area contributed by atoms with Gasteiger partial charge in [0.25, 0.3) is 0 Å². The van der Waals surface area contributed by atoms with Gasteiger partial charge in [0.05, 0.1) is 5.69 Å². The molecule has 1 aromatic rings. The van der Waals surface area contributed by atoms with E-state index >= 15 is 0 Å². The predicted octanol–water partition coefficient (Wildman–Crippen LogP) is 2.30. The van der Waals surface area contributed by atoms with E-state index in [9.17, 15) is 0 Å². The van der Waals surface area contributed by atoms with Crippen molar-refractivity contribution in [3.05, 3.63) is 29.8 Å². The van der Waals surface area contributed by atoms with Crippen molar-refractivity contribution in [1.29, 1.82) is 0 Å². The van der Waals surface area contributed by atoms with Gasteiger partial charge in [-0.2, -0.15) is 0 Å². The average Bonchev–Trinajstić information content (AvgIpc) is 2.05. The Bertz CT molecular complexity index is 273. The van der Waals surface area contributed by atoms with Crippen LogP contribution in [0.4, 0.5) is 5.69 Å². The maximum absolute atomic E-state index is 5.00. The highest BCUT2D eigenvalue weighted by molar-refractivity contribution is 5.85. The topological polar surface area (TPSA) is 21.6 Å². The van der Waals surface area contributed by atoms with E-state index in [0.717, 1.165) is 11.3 Å². The van der Waals surface area contributed by atoms with Crippen molar-refractivity contribution in [3.63, 3.8) is 0 Å². The van der Waals surface area contributed by atoms with Gasteiger partial charge in [0.15, 0.2) is 6.40 Å². The van der Waals surface area contributed by atoms with E-state index < -0.39 is 0 Å². The molecule has 0 spiro atoms. The minimum Gasteiger partial charge on any atom is -0.478 e. The lowest BCUT2D eigenvalue weighted by Crippen LogP contribution is -1.95. The Kier molecular flexibility index (Phi) is 2.49. The van der Waals surface area contributed by atoms with Gasteiger partial charge in [0, 0.05) is 5.56 Å². The van der Waals surface area contributed by atoms with Crippen molar-refractivity contribution in [2.24, 2.45) is 4.99 Å². The van der Waals surface area contributed by atoms with Crippen molar-refractivity contribution >= 4 is 24.5 Å². The third kappa shape index (κ3) is 1.52. The summed E-state index contributed by atoms with van der Waals surface area (Å²) in [4.78, 5) is 4.05. The Morgan fingerprint density at radius 2 is 2.09 bits per heavy atom. The number of fused-ring (bicyclic) bond motifs is 1. The molecule has 0 saturated heterocycles. The highest BCUT2D eigenvalue weighted by Crippen LogP contribution is 2.21. The molecule has 1 aliphatic rings. The normalized spacial score (nSPS) is 12.7. The molecule has 0 radical (unpaired) electrons. The van der Waals surface area contributed by atoms with Crippen LogP contribution in [0, 0.1) is 0 Å². The lowest BCUT2D eigenvalue weighted by Gasteiger charge is -2.08. The Hall–Kier alpha value is -1.02. The Morgan fingerprint density at radius 3 is 2.91 bits per heavy atom. The van der Waals surface area contributed by atoms with Crippen LogP contribution in [0.25, 0.3) is 0 Å². The molecule has 0 saturated carbocycles. The first-order valence-corrected chi connectivity index (χ1v) is 3.19. The molecule has 0 aliphatic carbocycles. The molecule has 0 N–H and O–H groups in total. The molecule has 0 unspecified atom stereocenters. The first kappa shape index (κ1) is 8.08. The summed E-state index contributed by atoms with van der Waals surface area (Å²) in [5.74, 6) is 0. The lowest BCUT2D eigenvalue weighted by molar-refractivity contribution is 0.303. The summed E-state index contributed by atoms with van der Waals surface area (Å²) in [7, 11) is 0. The van der Waals surface area contributed by atoms with Crippen molar-refractivity contribution in [3.8, 4) is 0 Å². The summed E-state index contributed by atoms with van der Waals surface area (Å²) >= 11 is 0. The Balaban J connectivity index is 0.000000605. The monoisotopic (exact) mass is 169 g/mol. The number of aliphatic imine (C=N–C) groups is 1. The maximum Gasteiger partial charge on any atom is 0.175 e. The number of nitrogens with zero attached hydrogens (tertiary/aromatic N) is 1. The maximum atomic E-state index is 5.00. The molecule has 11 heavy (non-hydrogen) atoms. The van der Waals surface area contributed by atoms with Crippen LogP contribution < -0.4 is 0 Å². The molecule has 0 fully saturated rings. The number of rotatable bonds is 0. The smallest absolute Gasteiger partial charge is 0.175 e. The number of halogens is 1. The van der Waals surface area contributed by atoms with Crippen LogP contribution in [0.5, 0.6) is 0 Å². The molecule has 0 atom stereocenters. The van der Waals surface area contributed by atoms with Gasteiger partial charge in [-0.25, -0.2) is 4.99 Å². The first-order chi connectivity index (χ1) is 4.97. The molecule has 0 amide bonds. The zero-order valence-electron chi connectivity index (χ0n) is 5.86. The quantitative estimate of drug-likeness (QED) is 0.584. The van der Waals surface area contributed by atoms with Gasteiger partial charge in [-0.05, 0) is 6.07 Å². The second kappa shape index (κ2) is 3.39. The van der Waals surface area contributed by atoms with E-state index in [2.05, 4.69) is 4.99 Å². The van der Waals surface area contributed by atoms with Crippen molar-refractivity contribution < 1.29 is 4.74 Å². The minimum absolute atomic E-state index is 0. The fraction of sp³-hybridized carbons (Fsp3) is 0.125. The summed E-state index contributed by atoms with van der Waals surface area (Å²) in [5.41, 5.74) is 2.18. The zero-order chi connectivity index (χ0) is 6.81. The molecular weight excluding hydrogens is 162 g/mol. The number of hydrogen-bond donors (Lipinski definition) is 0. The van der Waals surface area contributed by atoms with Gasteiger partial charge in [-0.3, -0.25) is 0 Å². The first-order valence-electron chi connectivity index (χ1n) is 3.19. The van der Waals surface area contributed by atoms with E-state index in [1.807, 2.05) is 24.3 Å². The summed E-state index contributed by atoms with van der Waals surface area (Å²) in [6.07, 6.45) is 1.49. The van der Waals surface area contributed by atoms with Crippen molar-refractivity contribution in [2.45, 2.75) is 6.61 Å². The van der Waals surface area contributed by atoms with Crippen LogP contribution in [0.1, 0.15) is 5.56 Å². The fourth-order valence-electron chi connectivity index (χ4n) is 0.980. The van der Waals surface area contributed by atoms with Crippen LogP contribution in [-0.4, -0.2) is 6.40 Å². The molecule has 58 valence electrons. The van der Waals surface area contributed by atoms with Crippen LogP contribution >= 0.6 is 12.4 Å². The fourth-order valence-corrected chi connectivity index (χ4v) is 0.980. The predicted molar refractivity (Wildman–Crippen MR) is 46.6 cm³/mol. The third-order valence-electron chi connectivity index (χ3n) is 1.50. The lowest BCUT2D eigenvalue weighted by atomic mass is 10.2. The van der Waals surface area contributed by atoms with Gasteiger partial charge in [-0.15, -0.1) is 12.4 Å². The summed E-state index contributed by atoms with van der Waals surface area (Å²) < 4.78 is 5.00. The molecule has 2 nitrogen and oxygen atoms in total. The van der Waals surface area contributed by atoms with Gasteiger partial charge in [-0.1, -0.05) is 18.2 Å². The molecule has 1 aromatic carbocycles. The van der Waals surface area contributed by atoms with Crippen molar-refractivity contribution in [2.75, 3.05) is 0 Å². The van der Waals surface area contributed by atoms with Crippen LogP contribution in [0.2, 0.25) is 0 Å². The minimum atomic E-state index is 0. The number of para-hydroxylation sites is 1. The summed E-state index contributed by atoms with van der Waals surface area (Å²) in [6.45, 7) is 0.652. The number of ether oxygens (including phenoxy) is 1. The second-order valence-electron chi connectivity index (χ2n) is 2.17. The van der Waals surface area contributed by atoms with E-state index in [0.29, 0.717) is 6.61 Å². The van der Waals surface area contributed by atoms with Crippen LogP contribution in [0.15, 0.2) is 29.3 Å². The zero-order valence-corrected chi connectivity index (χ0v) is 6.67. The molecule has 0 aromatic heterocycles. The largest absolute Gasteiger partial charge is 0.478 e. The van der Waals surface area contributed by atoms with Gasteiger partial charge >= 0.3 is 0 Å². The molecule has 2 rings (SSSR count). The molecule has 1 aliphatic heterocycles. The van der Waals surface area contributed by atoms with Crippen LogP contribution in [0.3, 0.4) is 0 Å². The third-order valence-corrected chi connectivity index (χ3v) is 1.50. The van der Waals surface area contributed by atoms with Crippen LogP contribution in [-0.2, 0) is 11.3 Å². The van der Waals surface area contributed by atoms with E-state index in [1.54, 1.807) is 0 Å². The average molecular weight is 170 g/mol. The van der Waals surface area contributed by atoms with Crippen molar-refractivity contribution in [1.82, 2.24) is 0 Å². The SMILES string of the molecule is C1=Nc2ccccc2CO1.Cl. The standard InChI is InChI=1S/C8H7NO.ClH/c1-2-4-8-7(3-1)5-10-6-9-8;/h1-4,6H,5H2;1H. The Morgan fingerprint density at radius 1 is 1.27 bits per heavy atom. The molecular formula is C8H8ClNO. The van der Waals surface area contributed by atoms with Gasteiger partial charge in [0.1, 0.15) is 6.61 Å². The molecule has 0 bridgehead atoms. The summed E-state index contributed by atoms with van der Waals surface area (Å²) in [6, 6.07) is 7.96. The molecule has 1 heterocycles.